The molecule has 0 aliphatic heterocycles. The maximum atomic E-state index is 12.5. The van der Waals surface area contributed by atoms with Gasteiger partial charge in [0.05, 0.1) is 14.2 Å². The van der Waals surface area contributed by atoms with E-state index < -0.39 is 17.8 Å². The molecule has 0 bridgehead atoms. The van der Waals surface area contributed by atoms with Crippen molar-refractivity contribution < 1.29 is 33.3 Å². The molecule has 0 saturated carbocycles. The summed E-state index contributed by atoms with van der Waals surface area (Å²) in [7, 11) is 2.47. The lowest BCUT2D eigenvalue weighted by Gasteiger charge is -2.16. The van der Waals surface area contributed by atoms with Crippen LogP contribution in [0.5, 0.6) is 11.5 Å². The van der Waals surface area contributed by atoms with Gasteiger partial charge in [-0.05, 0) is 24.3 Å². The van der Waals surface area contributed by atoms with E-state index in [-0.39, 0.29) is 30.4 Å². The highest BCUT2D eigenvalue weighted by Gasteiger charge is 2.17. The molecule has 0 unspecified atom stereocenters. The zero-order chi connectivity index (χ0) is 19.6. The molecule has 0 aliphatic rings. The smallest absolute Gasteiger partial charge is 0.343 e. The minimum Gasteiger partial charge on any atom is -0.480 e. The lowest BCUT2D eigenvalue weighted by atomic mass is 10.2. The zero-order valence-corrected chi connectivity index (χ0v) is 14.9. The Morgan fingerprint density at radius 2 is 1.30 bits per heavy atom. The highest BCUT2D eigenvalue weighted by molar-refractivity contribution is 6.06. The van der Waals surface area contributed by atoms with Crippen molar-refractivity contribution in [1.29, 1.82) is 0 Å². The van der Waals surface area contributed by atoms with E-state index in [4.69, 9.17) is 9.47 Å². The summed E-state index contributed by atoms with van der Waals surface area (Å²) in [6.07, 6.45) is 0. The Morgan fingerprint density at radius 1 is 0.778 bits per heavy atom. The molecule has 2 rings (SSSR count). The Balaban J connectivity index is 2.28. The molecule has 0 spiro atoms. The van der Waals surface area contributed by atoms with E-state index in [2.05, 4.69) is 14.8 Å². The second kappa shape index (κ2) is 9.81. The molecule has 0 aromatic heterocycles. The number of ether oxygens (including phenoxy) is 4. The van der Waals surface area contributed by atoms with Crippen molar-refractivity contribution in [3.05, 3.63) is 54.1 Å². The van der Waals surface area contributed by atoms with Gasteiger partial charge in [-0.15, -0.1) is 0 Å². The molecule has 27 heavy (non-hydrogen) atoms. The number of benzene rings is 2. The predicted octanol–water partition coefficient (Wildman–Crippen LogP) is 2.04. The maximum absolute atomic E-state index is 12.5. The average Bonchev–Trinajstić information content (AvgIpc) is 2.71. The van der Waals surface area contributed by atoms with Crippen LogP contribution < -0.4 is 14.8 Å². The topological polar surface area (TPSA) is 100 Å². The second-order valence-corrected chi connectivity index (χ2v) is 5.18. The Morgan fingerprint density at radius 3 is 1.78 bits per heavy atom. The molecule has 0 aliphatic carbocycles. The molecule has 0 heterocycles. The molecule has 0 radical (unpaired) electrons. The third-order valence-corrected chi connectivity index (χ3v) is 3.41. The highest BCUT2D eigenvalue weighted by Crippen LogP contribution is 2.35. The molecule has 142 valence electrons. The molecule has 0 fully saturated rings. The number of nitrogens with one attached hydrogen (secondary N) is 1. The summed E-state index contributed by atoms with van der Waals surface area (Å²) in [4.78, 5) is 35.2. The van der Waals surface area contributed by atoms with Crippen LogP contribution in [0.4, 0.5) is 5.69 Å². The van der Waals surface area contributed by atoms with Crippen LogP contribution in [0.25, 0.3) is 0 Å². The number of carbonyl (C=O) groups is 3. The molecule has 8 heteroatoms. The summed E-state index contributed by atoms with van der Waals surface area (Å²) in [6, 6.07) is 13.2. The number of methoxy groups -OCH3 is 2. The number of esters is 2. The fourth-order valence-corrected chi connectivity index (χ4v) is 2.04. The van der Waals surface area contributed by atoms with Crippen molar-refractivity contribution in [2.45, 2.75) is 0 Å². The molecular formula is C19H19NO7. The first-order valence-corrected chi connectivity index (χ1v) is 7.93. The third kappa shape index (κ3) is 5.74. The number of amides is 1. The van der Waals surface area contributed by atoms with Gasteiger partial charge in [-0.2, -0.15) is 0 Å². The van der Waals surface area contributed by atoms with Crippen molar-refractivity contribution in [2.75, 3.05) is 32.8 Å². The molecule has 1 N–H and O–H groups in total. The molecule has 1 amide bonds. The van der Waals surface area contributed by atoms with E-state index in [0.29, 0.717) is 5.56 Å². The van der Waals surface area contributed by atoms with Crippen molar-refractivity contribution >= 4 is 23.5 Å². The van der Waals surface area contributed by atoms with Gasteiger partial charge in [-0.1, -0.05) is 24.3 Å². The number of para-hydroxylation sites is 1. The Hall–Kier alpha value is -3.55. The fourth-order valence-electron chi connectivity index (χ4n) is 2.04. The first kappa shape index (κ1) is 19.8. The first-order valence-electron chi connectivity index (χ1n) is 7.93. The van der Waals surface area contributed by atoms with Gasteiger partial charge >= 0.3 is 11.9 Å². The van der Waals surface area contributed by atoms with Crippen LogP contribution in [-0.4, -0.2) is 45.3 Å². The third-order valence-electron chi connectivity index (χ3n) is 3.41. The predicted molar refractivity (Wildman–Crippen MR) is 95.9 cm³/mol. The Bertz CT molecular complexity index is 767. The minimum atomic E-state index is -0.587. The molecular weight excluding hydrogens is 354 g/mol. The lowest BCUT2D eigenvalue weighted by Crippen LogP contribution is -2.18. The number of rotatable bonds is 8. The number of anilines is 1. The Kier molecular flexibility index (Phi) is 7.18. The number of hydrogen-bond donors (Lipinski definition) is 1. The van der Waals surface area contributed by atoms with Gasteiger partial charge in [-0.3, -0.25) is 4.79 Å². The standard InChI is InChI=1S/C19H19NO7/c1-24-16(21)11-26-14-9-6-10-15(27-12-17(22)25-2)18(14)20-19(23)13-7-4-3-5-8-13/h3-10H,11-12H2,1-2H3,(H,20,23). The quantitative estimate of drug-likeness (QED) is 0.707. The van der Waals surface area contributed by atoms with Crippen LogP contribution in [0.15, 0.2) is 48.5 Å². The lowest BCUT2D eigenvalue weighted by molar-refractivity contribution is -0.143. The van der Waals surface area contributed by atoms with Gasteiger partial charge in [0.25, 0.3) is 5.91 Å². The van der Waals surface area contributed by atoms with Crippen LogP contribution in [0.3, 0.4) is 0 Å². The SMILES string of the molecule is COC(=O)COc1cccc(OCC(=O)OC)c1NC(=O)c1ccccc1. The molecule has 0 saturated heterocycles. The van der Waals surface area contributed by atoms with Crippen LogP contribution in [0.2, 0.25) is 0 Å². The summed E-state index contributed by atoms with van der Waals surface area (Å²) in [5.41, 5.74) is 0.596. The summed E-state index contributed by atoms with van der Waals surface area (Å²) < 4.78 is 19.9. The summed E-state index contributed by atoms with van der Waals surface area (Å²) in [5, 5.41) is 2.69. The van der Waals surface area contributed by atoms with Gasteiger partial charge in [-0.25, -0.2) is 9.59 Å². The number of carbonyl (C=O) groups excluding carboxylic acids is 3. The normalized spacial score (nSPS) is 9.85. The van der Waals surface area contributed by atoms with Gasteiger partial charge in [0.2, 0.25) is 0 Å². The molecule has 2 aromatic rings. The fraction of sp³-hybridized carbons (Fsp3) is 0.211. The van der Waals surface area contributed by atoms with Crippen LogP contribution in [0, 0.1) is 0 Å². The largest absolute Gasteiger partial charge is 0.480 e. The van der Waals surface area contributed by atoms with Gasteiger partial charge in [0.15, 0.2) is 13.2 Å². The van der Waals surface area contributed by atoms with Crippen molar-refractivity contribution in [1.82, 2.24) is 0 Å². The van der Waals surface area contributed by atoms with Crippen molar-refractivity contribution in [3.8, 4) is 11.5 Å². The van der Waals surface area contributed by atoms with E-state index in [1.54, 1.807) is 48.5 Å². The van der Waals surface area contributed by atoms with Gasteiger partial charge < -0.3 is 24.3 Å². The number of hydrogen-bond acceptors (Lipinski definition) is 7. The molecule has 2 aromatic carbocycles. The van der Waals surface area contributed by atoms with E-state index in [0.717, 1.165) is 0 Å². The molecule has 0 atom stereocenters. The van der Waals surface area contributed by atoms with Crippen molar-refractivity contribution in [3.63, 3.8) is 0 Å². The zero-order valence-electron chi connectivity index (χ0n) is 14.9. The van der Waals surface area contributed by atoms with Crippen molar-refractivity contribution in [2.24, 2.45) is 0 Å². The van der Waals surface area contributed by atoms with E-state index in [1.165, 1.54) is 14.2 Å². The summed E-state index contributed by atoms with van der Waals surface area (Å²) >= 11 is 0. The summed E-state index contributed by atoms with van der Waals surface area (Å²) in [6.45, 7) is -0.712. The monoisotopic (exact) mass is 373 g/mol. The van der Waals surface area contributed by atoms with Crippen LogP contribution in [-0.2, 0) is 19.1 Å². The second-order valence-electron chi connectivity index (χ2n) is 5.18. The average molecular weight is 373 g/mol. The van der Waals surface area contributed by atoms with E-state index >= 15 is 0 Å². The Labute approximate surface area is 156 Å². The van der Waals surface area contributed by atoms with E-state index in [9.17, 15) is 14.4 Å². The van der Waals surface area contributed by atoms with Gasteiger partial charge in [0.1, 0.15) is 17.2 Å². The van der Waals surface area contributed by atoms with Gasteiger partial charge in [0, 0.05) is 5.56 Å². The highest BCUT2D eigenvalue weighted by atomic mass is 16.6. The summed E-state index contributed by atoms with van der Waals surface area (Å²) in [5.74, 6) is -1.21. The molecule has 8 nitrogen and oxygen atoms in total. The van der Waals surface area contributed by atoms with Crippen LogP contribution >= 0.6 is 0 Å². The van der Waals surface area contributed by atoms with Crippen LogP contribution in [0.1, 0.15) is 10.4 Å². The first-order chi connectivity index (χ1) is 13.0. The maximum Gasteiger partial charge on any atom is 0.343 e. The minimum absolute atomic E-state index is 0.180. The van der Waals surface area contributed by atoms with E-state index in [1.807, 2.05) is 0 Å².